The maximum Gasteiger partial charge on any atom is 0.185 e. The number of aromatic nitrogens is 1. The number of hydrogen-bond acceptors (Lipinski definition) is 1. The van der Waals surface area contributed by atoms with E-state index in [1.54, 1.807) is 12.4 Å². The average Bonchev–Trinajstić information content (AvgIpc) is 1.89. The minimum Gasteiger partial charge on any atom is -1.00 e. The fourth-order valence-electron chi connectivity index (χ4n) is 0.629. The van der Waals surface area contributed by atoms with Crippen LogP contribution in [-0.2, 0) is 0 Å². The molecule has 1 heterocycles. The Morgan fingerprint density at radius 1 is 1.60 bits per heavy atom. The van der Waals surface area contributed by atoms with Gasteiger partial charge in [-0.25, -0.2) is 4.98 Å². The van der Waals surface area contributed by atoms with Crippen molar-refractivity contribution in [2.45, 2.75) is 6.92 Å². The molecule has 2 nitrogen and oxygen atoms in total. The van der Waals surface area contributed by atoms with E-state index in [-0.39, 0.29) is 17.0 Å². The number of nitrogens with one attached hydrogen (secondary N) is 1. The van der Waals surface area contributed by atoms with Crippen molar-refractivity contribution in [1.29, 1.82) is 5.26 Å². The van der Waals surface area contributed by atoms with Crippen molar-refractivity contribution in [2.75, 3.05) is 0 Å². The van der Waals surface area contributed by atoms with Gasteiger partial charge in [0.05, 0.1) is 0 Å². The summed E-state index contributed by atoms with van der Waals surface area (Å²) in [5.41, 5.74) is 1.72. The molecule has 0 aliphatic heterocycles. The molecular formula is C7H7BrN2. The second-order valence-corrected chi connectivity index (χ2v) is 1.85. The number of rotatable bonds is 0. The first-order chi connectivity index (χ1) is 4.34. The van der Waals surface area contributed by atoms with E-state index in [0.717, 1.165) is 5.56 Å². The molecule has 1 aromatic rings. The summed E-state index contributed by atoms with van der Waals surface area (Å²) in [6.45, 7) is 1.91. The molecule has 0 radical (unpaired) electrons. The van der Waals surface area contributed by atoms with Crippen molar-refractivity contribution in [1.82, 2.24) is 0 Å². The molecule has 0 aliphatic rings. The molecule has 0 atom stereocenters. The first kappa shape index (κ1) is 9.12. The number of halogens is 1. The number of H-pyrrole nitrogens is 1. The Kier molecular flexibility index (Phi) is 3.67. The second-order valence-electron chi connectivity index (χ2n) is 1.85. The van der Waals surface area contributed by atoms with E-state index in [0.29, 0.717) is 5.56 Å². The number of aryl methyl sites for hydroxylation is 1. The molecule has 0 bridgehead atoms. The lowest BCUT2D eigenvalue weighted by Gasteiger charge is -1.85. The van der Waals surface area contributed by atoms with Crippen molar-refractivity contribution in [3.05, 3.63) is 29.6 Å². The third kappa shape index (κ3) is 1.82. The van der Waals surface area contributed by atoms with Crippen LogP contribution >= 0.6 is 0 Å². The molecule has 0 saturated carbocycles. The normalized spacial score (nSPS) is 7.60. The summed E-state index contributed by atoms with van der Waals surface area (Å²) in [4.78, 5) is 2.83. The van der Waals surface area contributed by atoms with E-state index in [9.17, 15) is 0 Å². The third-order valence-corrected chi connectivity index (χ3v) is 1.20. The van der Waals surface area contributed by atoms with E-state index in [1.807, 2.05) is 13.0 Å². The molecule has 10 heavy (non-hydrogen) atoms. The van der Waals surface area contributed by atoms with Gasteiger partial charge in [0.2, 0.25) is 0 Å². The molecule has 0 amide bonds. The summed E-state index contributed by atoms with van der Waals surface area (Å²) in [6, 6.07) is 3.94. The van der Waals surface area contributed by atoms with Crippen LogP contribution < -0.4 is 22.0 Å². The maximum absolute atomic E-state index is 8.45. The Morgan fingerprint density at radius 2 is 2.30 bits per heavy atom. The van der Waals surface area contributed by atoms with Crippen molar-refractivity contribution in [3.8, 4) is 6.07 Å². The Bertz CT molecular complexity index is 252. The molecule has 1 N–H and O–H groups in total. The molecule has 0 fully saturated rings. The molecule has 0 aliphatic carbocycles. The number of nitrogens with zero attached hydrogens (tertiary/aromatic N) is 1. The highest BCUT2D eigenvalue weighted by Gasteiger charge is 1.95. The van der Waals surface area contributed by atoms with Gasteiger partial charge >= 0.3 is 0 Å². The van der Waals surface area contributed by atoms with Gasteiger partial charge in [-0.05, 0) is 12.5 Å². The predicted octanol–water partition coefficient (Wildman–Crippen LogP) is -2.32. The maximum atomic E-state index is 8.45. The van der Waals surface area contributed by atoms with Crippen LogP contribution in [0.3, 0.4) is 0 Å². The topological polar surface area (TPSA) is 37.9 Å². The number of pyridine rings is 1. The second kappa shape index (κ2) is 4.02. The highest BCUT2D eigenvalue weighted by atomic mass is 79.9. The van der Waals surface area contributed by atoms with Gasteiger partial charge in [0, 0.05) is 6.07 Å². The zero-order valence-corrected chi connectivity index (χ0v) is 7.14. The van der Waals surface area contributed by atoms with Crippen LogP contribution in [0.1, 0.15) is 11.1 Å². The molecule has 0 unspecified atom stereocenters. The Balaban J connectivity index is 0.000000810. The van der Waals surface area contributed by atoms with E-state index < -0.39 is 0 Å². The summed E-state index contributed by atoms with van der Waals surface area (Å²) < 4.78 is 0. The van der Waals surface area contributed by atoms with Gasteiger partial charge in [0.25, 0.3) is 0 Å². The highest BCUT2D eigenvalue weighted by Crippen LogP contribution is 1.98. The van der Waals surface area contributed by atoms with Crippen molar-refractivity contribution >= 4 is 0 Å². The Hall–Kier alpha value is -0.880. The van der Waals surface area contributed by atoms with Gasteiger partial charge in [0.1, 0.15) is 11.6 Å². The summed E-state index contributed by atoms with van der Waals surface area (Å²) in [5, 5.41) is 8.45. The smallest absolute Gasteiger partial charge is 0.185 e. The summed E-state index contributed by atoms with van der Waals surface area (Å²) >= 11 is 0. The van der Waals surface area contributed by atoms with Crippen LogP contribution in [0.5, 0.6) is 0 Å². The van der Waals surface area contributed by atoms with Crippen molar-refractivity contribution in [3.63, 3.8) is 0 Å². The first-order valence-electron chi connectivity index (χ1n) is 2.71. The molecular weight excluding hydrogens is 192 g/mol. The van der Waals surface area contributed by atoms with Crippen LogP contribution in [0.25, 0.3) is 0 Å². The lowest BCUT2D eigenvalue weighted by molar-refractivity contribution is -0.378. The predicted molar refractivity (Wildman–Crippen MR) is 32.4 cm³/mol. The van der Waals surface area contributed by atoms with Gasteiger partial charge in [0.15, 0.2) is 12.4 Å². The van der Waals surface area contributed by atoms with E-state index in [4.69, 9.17) is 5.26 Å². The summed E-state index contributed by atoms with van der Waals surface area (Å²) in [7, 11) is 0. The zero-order chi connectivity index (χ0) is 6.69. The van der Waals surface area contributed by atoms with Crippen LogP contribution in [0, 0.1) is 18.3 Å². The fourth-order valence-corrected chi connectivity index (χ4v) is 0.629. The van der Waals surface area contributed by atoms with Gasteiger partial charge in [-0.3, -0.25) is 0 Å². The number of nitriles is 1. The molecule has 0 aromatic carbocycles. The monoisotopic (exact) mass is 198 g/mol. The lowest BCUT2D eigenvalue weighted by Crippen LogP contribution is -3.00. The minimum atomic E-state index is 0. The van der Waals surface area contributed by atoms with Crippen LogP contribution in [-0.4, -0.2) is 0 Å². The van der Waals surface area contributed by atoms with Crippen molar-refractivity contribution in [2.24, 2.45) is 0 Å². The fraction of sp³-hybridized carbons (Fsp3) is 0.143. The number of hydrogen-bond donors (Lipinski definition) is 0. The number of aromatic amines is 1. The third-order valence-electron chi connectivity index (χ3n) is 1.20. The standard InChI is InChI=1S/C7H6N2.BrH/c1-6-2-3-9-5-7(6)4-8;/h2-3,5H,1H3;1H. The quantitative estimate of drug-likeness (QED) is 0.462. The highest BCUT2D eigenvalue weighted by molar-refractivity contribution is 5.31. The molecule has 3 heteroatoms. The lowest BCUT2D eigenvalue weighted by atomic mass is 10.2. The molecule has 1 aromatic heterocycles. The van der Waals surface area contributed by atoms with Crippen LogP contribution in [0.2, 0.25) is 0 Å². The molecule has 0 spiro atoms. The largest absolute Gasteiger partial charge is 1.00 e. The van der Waals surface area contributed by atoms with Crippen molar-refractivity contribution < 1.29 is 22.0 Å². The van der Waals surface area contributed by atoms with Crippen LogP contribution in [0.15, 0.2) is 18.5 Å². The van der Waals surface area contributed by atoms with E-state index in [2.05, 4.69) is 11.1 Å². The average molecular weight is 199 g/mol. The minimum absolute atomic E-state index is 0. The molecule has 1 rings (SSSR count). The first-order valence-corrected chi connectivity index (χ1v) is 2.71. The van der Waals surface area contributed by atoms with Gasteiger partial charge in [-0.2, -0.15) is 5.26 Å². The van der Waals surface area contributed by atoms with E-state index >= 15 is 0 Å². The van der Waals surface area contributed by atoms with Gasteiger partial charge in [-0.15, -0.1) is 0 Å². The molecule has 0 saturated heterocycles. The Labute approximate surface area is 70.3 Å². The Morgan fingerprint density at radius 3 is 2.70 bits per heavy atom. The van der Waals surface area contributed by atoms with E-state index in [1.165, 1.54) is 0 Å². The SMILES string of the molecule is Cc1cc[nH+]cc1C#N.[Br-]. The van der Waals surface area contributed by atoms with Crippen LogP contribution in [0.4, 0.5) is 0 Å². The van der Waals surface area contributed by atoms with Gasteiger partial charge < -0.3 is 17.0 Å². The summed E-state index contributed by atoms with van der Waals surface area (Å²) in [6.07, 6.45) is 3.49. The molecule has 52 valence electrons. The van der Waals surface area contributed by atoms with Gasteiger partial charge in [-0.1, -0.05) is 0 Å². The zero-order valence-electron chi connectivity index (χ0n) is 5.56. The summed E-state index contributed by atoms with van der Waals surface area (Å²) in [5.74, 6) is 0.